The molecule has 12 rings (SSSR count). The first-order valence-corrected chi connectivity index (χ1v) is 20.5. The molecule has 8 aromatic carbocycles. The van der Waals surface area contributed by atoms with Crippen molar-refractivity contribution in [2.75, 3.05) is 0 Å². The molecule has 0 fully saturated rings. The molecule has 1 aliphatic carbocycles. The van der Waals surface area contributed by atoms with Crippen LogP contribution < -0.4 is 15.4 Å². The zero-order valence-electron chi connectivity index (χ0n) is 32.6. The molecule has 0 saturated heterocycles. The van der Waals surface area contributed by atoms with Gasteiger partial charge in [0.1, 0.15) is 29.7 Å². The summed E-state index contributed by atoms with van der Waals surface area (Å²) < 4.78 is 6.69. The molecule has 2 N–H and O–H groups in total. The Hall–Kier alpha value is -7.60. The van der Waals surface area contributed by atoms with E-state index in [0.29, 0.717) is 0 Å². The fourth-order valence-electron chi connectivity index (χ4n) is 9.76. The molecule has 0 saturated carbocycles. The highest BCUT2D eigenvalue weighted by Gasteiger charge is 2.51. The molecular formula is C55H38N4O. The molecule has 5 heteroatoms. The van der Waals surface area contributed by atoms with Gasteiger partial charge in [0.25, 0.3) is 0 Å². The summed E-state index contributed by atoms with van der Waals surface area (Å²) in [6.07, 6.45) is 3.56. The Kier molecular flexibility index (Phi) is 7.90. The van der Waals surface area contributed by atoms with Gasteiger partial charge < -0.3 is 10.1 Å². The van der Waals surface area contributed by atoms with Gasteiger partial charge in [0, 0.05) is 34.5 Å². The zero-order chi connectivity index (χ0) is 39.6. The molecule has 3 aliphatic rings. The van der Waals surface area contributed by atoms with E-state index in [2.05, 4.69) is 204 Å². The maximum atomic E-state index is 6.69. The number of aromatic nitrogens is 1. The number of ether oxygens (including phenoxy) is 1. The van der Waals surface area contributed by atoms with E-state index >= 15 is 0 Å². The summed E-state index contributed by atoms with van der Waals surface area (Å²) in [5.41, 5.74) is 14.6. The molecule has 2 unspecified atom stereocenters. The van der Waals surface area contributed by atoms with E-state index in [1.165, 1.54) is 33.2 Å². The number of hydrogen-bond acceptors (Lipinski definition) is 5. The third kappa shape index (κ3) is 5.37. The van der Waals surface area contributed by atoms with Crippen LogP contribution in [0.5, 0.6) is 11.5 Å². The van der Waals surface area contributed by atoms with Crippen molar-refractivity contribution in [1.82, 2.24) is 15.6 Å². The third-order valence-corrected chi connectivity index (χ3v) is 12.5. The van der Waals surface area contributed by atoms with E-state index in [-0.39, 0.29) is 12.3 Å². The summed E-state index contributed by atoms with van der Waals surface area (Å²) in [6.45, 7) is 0. The van der Waals surface area contributed by atoms with Gasteiger partial charge in [-0.25, -0.2) is 4.99 Å². The van der Waals surface area contributed by atoms with E-state index in [1.54, 1.807) is 0 Å². The number of fused-ring (bicyclic) bond motifs is 10. The Bertz CT molecular complexity index is 3090. The van der Waals surface area contributed by atoms with Crippen LogP contribution in [0.1, 0.15) is 51.3 Å². The Morgan fingerprint density at radius 3 is 1.78 bits per heavy atom. The molecule has 1 spiro atoms. The van der Waals surface area contributed by atoms with Gasteiger partial charge in [-0.3, -0.25) is 10.3 Å². The summed E-state index contributed by atoms with van der Waals surface area (Å²) in [6, 6.07) is 69.5. The van der Waals surface area contributed by atoms with Crippen LogP contribution in [-0.2, 0) is 5.41 Å². The second-order valence-corrected chi connectivity index (χ2v) is 15.8. The molecule has 284 valence electrons. The fourth-order valence-corrected chi connectivity index (χ4v) is 9.76. The van der Waals surface area contributed by atoms with Crippen LogP contribution >= 0.6 is 0 Å². The lowest BCUT2D eigenvalue weighted by atomic mass is 9.65. The number of rotatable bonds is 5. The molecule has 9 aromatic rings. The van der Waals surface area contributed by atoms with Gasteiger partial charge in [0.15, 0.2) is 0 Å². The lowest BCUT2D eigenvalue weighted by Gasteiger charge is -2.39. The average Bonchev–Trinajstić information content (AvgIpc) is 3.61. The summed E-state index contributed by atoms with van der Waals surface area (Å²) in [5.74, 6) is 2.62. The van der Waals surface area contributed by atoms with Crippen LogP contribution in [-0.4, -0.2) is 10.8 Å². The van der Waals surface area contributed by atoms with E-state index in [9.17, 15) is 0 Å². The number of nitrogens with one attached hydrogen (secondary N) is 2. The Morgan fingerprint density at radius 2 is 1.07 bits per heavy atom. The van der Waals surface area contributed by atoms with Crippen molar-refractivity contribution in [3.05, 3.63) is 245 Å². The van der Waals surface area contributed by atoms with Crippen molar-refractivity contribution in [3.63, 3.8) is 0 Å². The van der Waals surface area contributed by atoms with Gasteiger partial charge in [-0.2, -0.15) is 0 Å². The highest BCUT2D eigenvalue weighted by molar-refractivity contribution is 6.01. The van der Waals surface area contributed by atoms with E-state index in [1.807, 2.05) is 18.5 Å². The first kappa shape index (κ1) is 34.4. The van der Waals surface area contributed by atoms with Crippen LogP contribution in [0.25, 0.3) is 44.2 Å². The van der Waals surface area contributed by atoms with Crippen LogP contribution in [0.3, 0.4) is 0 Å². The van der Waals surface area contributed by atoms with Crippen molar-refractivity contribution < 1.29 is 4.74 Å². The maximum Gasteiger partial charge on any atom is 0.132 e. The van der Waals surface area contributed by atoms with Gasteiger partial charge in [0.05, 0.1) is 5.41 Å². The summed E-state index contributed by atoms with van der Waals surface area (Å²) in [7, 11) is 0. The molecule has 0 amide bonds. The summed E-state index contributed by atoms with van der Waals surface area (Å²) in [5, 5.41) is 9.72. The number of amidine groups is 1. The Labute approximate surface area is 348 Å². The van der Waals surface area contributed by atoms with Gasteiger partial charge >= 0.3 is 0 Å². The topological polar surface area (TPSA) is 58.5 Å². The number of pyridine rings is 1. The smallest absolute Gasteiger partial charge is 0.132 e. The molecule has 3 heterocycles. The van der Waals surface area contributed by atoms with E-state index in [4.69, 9.17) is 9.73 Å². The normalized spacial score (nSPS) is 16.8. The first-order valence-electron chi connectivity index (χ1n) is 20.5. The third-order valence-electron chi connectivity index (χ3n) is 12.5. The van der Waals surface area contributed by atoms with Crippen LogP contribution in [0.2, 0.25) is 0 Å². The van der Waals surface area contributed by atoms with Crippen molar-refractivity contribution in [2.24, 2.45) is 4.99 Å². The largest absolute Gasteiger partial charge is 0.457 e. The van der Waals surface area contributed by atoms with Crippen molar-refractivity contribution >= 4 is 16.6 Å². The highest BCUT2D eigenvalue weighted by Crippen LogP contribution is 2.63. The molecule has 2 atom stereocenters. The summed E-state index contributed by atoms with van der Waals surface area (Å²) in [4.78, 5) is 9.71. The Balaban J connectivity index is 0.996. The predicted octanol–water partition coefficient (Wildman–Crippen LogP) is 12.4. The average molecular weight is 771 g/mol. The number of benzene rings is 8. The van der Waals surface area contributed by atoms with Crippen LogP contribution in [0, 0.1) is 0 Å². The number of para-hydroxylation sites is 2. The molecule has 1 aromatic heterocycles. The lowest BCUT2D eigenvalue weighted by Crippen LogP contribution is -2.44. The predicted molar refractivity (Wildman–Crippen MR) is 241 cm³/mol. The zero-order valence-corrected chi connectivity index (χ0v) is 32.6. The second-order valence-electron chi connectivity index (χ2n) is 15.8. The minimum absolute atomic E-state index is 0.0962. The fraction of sp³-hybridized carbons (Fsp3) is 0.0545. The van der Waals surface area contributed by atoms with Gasteiger partial charge in [-0.05, 0) is 91.4 Å². The SMILES string of the molecule is c1ccc(C2N=C(c3ccc(-c4ccc5c(c4)C4(c6ccccc6Oc6ccccc64)c4cc(-c6cccc7ccncc67)ccc4-5)cc3)NC(c3ccccc3)N2)cc1. The number of nitrogens with zero attached hydrogens (tertiary/aromatic N) is 2. The lowest BCUT2D eigenvalue weighted by molar-refractivity contribution is 0.409. The minimum atomic E-state index is -0.614. The minimum Gasteiger partial charge on any atom is -0.457 e. The maximum absolute atomic E-state index is 6.69. The molecular weight excluding hydrogens is 733 g/mol. The molecule has 0 radical (unpaired) electrons. The highest BCUT2D eigenvalue weighted by atomic mass is 16.5. The van der Waals surface area contributed by atoms with E-state index < -0.39 is 5.41 Å². The van der Waals surface area contributed by atoms with Crippen LogP contribution in [0.4, 0.5) is 0 Å². The standard InChI is InChI=1S/C55H38N4O/c1-3-12-37(13-4-1)52-57-53(38-14-5-2-6-15-38)59-54(58-52)39-24-22-35(23-25-39)40-26-28-43-44-29-27-41(42-17-11-16-36-30-31-56-34-45(36)42)33-49(44)55(48(43)32-40)46-18-7-9-20-50(46)60-51-21-10-8-19-47(51)55/h1-34,52-53,57H,(H,58,59). The summed E-state index contributed by atoms with van der Waals surface area (Å²) >= 11 is 0. The molecule has 2 aliphatic heterocycles. The van der Waals surface area contributed by atoms with Gasteiger partial charge in [0.2, 0.25) is 0 Å². The van der Waals surface area contributed by atoms with Crippen molar-refractivity contribution in [3.8, 4) is 44.9 Å². The Morgan fingerprint density at radius 1 is 0.467 bits per heavy atom. The number of hydrogen-bond donors (Lipinski definition) is 2. The number of aliphatic imine (C=N–C) groups is 1. The molecule has 60 heavy (non-hydrogen) atoms. The van der Waals surface area contributed by atoms with E-state index in [0.717, 1.165) is 67.2 Å². The molecule has 0 bridgehead atoms. The quantitative estimate of drug-likeness (QED) is 0.183. The molecule has 5 nitrogen and oxygen atoms in total. The monoisotopic (exact) mass is 770 g/mol. The van der Waals surface area contributed by atoms with Crippen molar-refractivity contribution in [2.45, 2.75) is 17.7 Å². The first-order chi connectivity index (χ1) is 29.7. The van der Waals surface area contributed by atoms with Gasteiger partial charge in [-0.1, -0.05) is 164 Å². The second kappa shape index (κ2) is 13.8. The van der Waals surface area contributed by atoms with Gasteiger partial charge in [-0.15, -0.1) is 0 Å². The van der Waals surface area contributed by atoms with Crippen molar-refractivity contribution in [1.29, 1.82) is 0 Å². The van der Waals surface area contributed by atoms with Crippen LogP contribution in [0.15, 0.2) is 212 Å².